The van der Waals surface area contributed by atoms with E-state index in [-0.39, 0.29) is 23.8 Å². The van der Waals surface area contributed by atoms with E-state index >= 15 is 0 Å². The van der Waals surface area contributed by atoms with E-state index in [2.05, 4.69) is 26.2 Å². The second kappa shape index (κ2) is 10.3. The molecule has 1 amide bonds. The van der Waals surface area contributed by atoms with Gasteiger partial charge in [-0.25, -0.2) is 9.97 Å². The molecule has 1 aromatic carbocycles. The highest BCUT2D eigenvalue weighted by Crippen LogP contribution is 2.34. The van der Waals surface area contributed by atoms with Crippen LogP contribution in [0, 0.1) is 5.92 Å². The van der Waals surface area contributed by atoms with Crippen LogP contribution in [0.15, 0.2) is 36.5 Å². The predicted molar refractivity (Wildman–Crippen MR) is 126 cm³/mol. The summed E-state index contributed by atoms with van der Waals surface area (Å²) in [6.45, 7) is 8.25. The normalized spacial score (nSPS) is 21.7. The molecule has 3 heterocycles. The molecule has 0 spiro atoms. The van der Waals surface area contributed by atoms with Crippen molar-refractivity contribution in [2.45, 2.75) is 51.6 Å². The molecule has 2 aromatic rings. The van der Waals surface area contributed by atoms with Crippen molar-refractivity contribution >= 4 is 11.9 Å². The van der Waals surface area contributed by atoms with E-state index < -0.39 is 0 Å². The van der Waals surface area contributed by atoms with Crippen LogP contribution in [0.5, 0.6) is 5.75 Å². The predicted octanol–water partition coefficient (Wildman–Crippen LogP) is 3.22. The smallest absolute Gasteiger partial charge is 0.225 e. The molecule has 0 aliphatic carbocycles. The van der Waals surface area contributed by atoms with E-state index in [1.54, 1.807) is 7.11 Å². The number of amides is 1. The Bertz CT molecular complexity index is 913. The van der Waals surface area contributed by atoms with Crippen LogP contribution in [0.25, 0.3) is 0 Å². The van der Waals surface area contributed by atoms with Crippen molar-refractivity contribution in [3.8, 4) is 5.75 Å². The third-order valence-corrected chi connectivity index (χ3v) is 6.43. The molecule has 0 saturated carbocycles. The second-order valence-corrected chi connectivity index (χ2v) is 9.21. The lowest BCUT2D eigenvalue weighted by Crippen LogP contribution is -2.38. The van der Waals surface area contributed by atoms with Crippen LogP contribution in [0.2, 0.25) is 0 Å². The van der Waals surface area contributed by atoms with Gasteiger partial charge in [0.2, 0.25) is 11.9 Å². The van der Waals surface area contributed by atoms with Crippen molar-refractivity contribution in [2.75, 3.05) is 38.2 Å². The Morgan fingerprint density at radius 3 is 2.69 bits per heavy atom. The molecule has 7 heteroatoms. The molecule has 2 aliphatic rings. The lowest BCUT2D eigenvalue weighted by molar-refractivity contribution is -0.125. The fourth-order valence-corrected chi connectivity index (χ4v) is 4.86. The first-order chi connectivity index (χ1) is 15.5. The molecule has 2 aliphatic heterocycles. The summed E-state index contributed by atoms with van der Waals surface area (Å²) in [5, 5.41) is 3.13. The molecule has 2 saturated heterocycles. The number of hydrogen-bond donors (Lipinski definition) is 1. The minimum Gasteiger partial charge on any atom is -0.496 e. The van der Waals surface area contributed by atoms with Crippen molar-refractivity contribution in [2.24, 2.45) is 5.92 Å². The summed E-state index contributed by atoms with van der Waals surface area (Å²) in [7, 11) is 1.70. The largest absolute Gasteiger partial charge is 0.496 e. The van der Waals surface area contributed by atoms with Crippen LogP contribution >= 0.6 is 0 Å². The molecule has 0 radical (unpaired) electrons. The van der Waals surface area contributed by atoms with Crippen LogP contribution in [-0.2, 0) is 11.3 Å². The minimum absolute atomic E-state index is 0.0370. The summed E-state index contributed by atoms with van der Waals surface area (Å²) in [6.07, 6.45) is 5.49. The number of aromatic nitrogens is 2. The molecule has 4 rings (SSSR count). The van der Waals surface area contributed by atoms with Gasteiger partial charge in [-0.15, -0.1) is 0 Å². The number of piperidine rings is 1. The Kier molecular flexibility index (Phi) is 7.25. The molecule has 172 valence electrons. The number of methoxy groups -OCH3 is 1. The van der Waals surface area contributed by atoms with Crippen LogP contribution in [0.3, 0.4) is 0 Å². The van der Waals surface area contributed by atoms with E-state index in [1.165, 1.54) is 19.3 Å². The van der Waals surface area contributed by atoms with E-state index in [0.29, 0.717) is 6.54 Å². The highest BCUT2D eigenvalue weighted by molar-refractivity contribution is 5.80. The lowest BCUT2D eigenvalue weighted by atomic mass is 9.91. The number of carbonyl (C=O) groups is 1. The number of para-hydroxylation sites is 1. The van der Waals surface area contributed by atoms with Gasteiger partial charge in [-0.3, -0.25) is 9.69 Å². The Labute approximate surface area is 191 Å². The Balaban J connectivity index is 1.57. The fraction of sp³-hybridized carbons (Fsp3) is 0.560. The SMILES string of the molecule is COc1ccccc1CN1C[C@H](C(=O)NC(C)C)[C@@H](c2ccnc(N3CCCCC3)n2)C1. The fourth-order valence-electron chi connectivity index (χ4n) is 4.86. The van der Waals surface area contributed by atoms with Crippen molar-refractivity contribution in [3.63, 3.8) is 0 Å². The van der Waals surface area contributed by atoms with E-state index in [9.17, 15) is 4.79 Å². The molecule has 2 atom stereocenters. The zero-order valence-electron chi connectivity index (χ0n) is 19.5. The Morgan fingerprint density at radius 2 is 1.94 bits per heavy atom. The van der Waals surface area contributed by atoms with Gasteiger partial charge in [-0.1, -0.05) is 18.2 Å². The number of benzene rings is 1. The van der Waals surface area contributed by atoms with Crippen molar-refractivity contribution in [1.29, 1.82) is 0 Å². The number of rotatable bonds is 7. The van der Waals surface area contributed by atoms with Crippen LogP contribution < -0.4 is 15.0 Å². The van der Waals surface area contributed by atoms with E-state index in [0.717, 1.165) is 49.1 Å². The van der Waals surface area contributed by atoms with E-state index in [1.807, 2.05) is 44.3 Å². The summed E-state index contributed by atoms with van der Waals surface area (Å²) in [6, 6.07) is 10.2. The summed E-state index contributed by atoms with van der Waals surface area (Å²) >= 11 is 0. The number of anilines is 1. The summed E-state index contributed by atoms with van der Waals surface area (Å²) in [4.78, 5) is 27.2. The molecule has 0 unspecified atom stereocenters. The topological polar surface area (TPSA) is 70.6 Å². The number of ether oxygens (including phenoxy) is 1. The van der Waals surface area contributed by atoms with Gasteiger partial charge in [-0.2, -0.15) is 0 Å². The summed E-state index contributed by atoms with van der Waals surface area (Å²) in [5.74, 6) is 1.68. The zero-order valence-corrected chi connectivity index (χ0v) is 19.5. The van der Waals surface area contributed by atoms with Crippen molar-refractivity contribution in [3.05, 3.63) is 47.8 Å². The van der Waals surface area contributed by atoms with Gasteiger partial charge < -0.3 is 15.0 Å². The van der Waals surface area contributed by atoms with Gasteiger partial charge in [0.15, 0.2) is 0 Å². The number of nitrogens with one attached hydrogen (secondary N) is 1. The lowest BCUT2D eigenvalue weighted by Gasteiger charge is -2.27. The molecule has 1 aromatic heterocycles. The maximum Gasteiger partial charge on any atom is 0.225 e. The Hall–Kier alpha value is -2.67. The van der Waals surface area contributed by atoms with Gasteiger partial charge >= 0.3 is 0 Å². The monoisotopic (exact) mass is 437 g/mol. The first-order valence-corrected chi connectivity index (χ1v) is 11.8. The highest BCUT2D eigenvalue weighted by atomic mass is 16.5. The number of likely N-dealkylation sites (tertiary alicyclic amines) is 1. The van der Waals surface area contributed by atoms with Gasteiger partial charge in [0.1, 0.15) is 5.75 Å². The molecular formula is C25H35N5O2. The second-order valence-electron chi connectivity index (χ2n) is 9.21. The molecule has 2 fully saturated rings. The first-order valence-electron chi connectivity index (χ1n) is 11.8. The molecular weight excluding hydrogens is 402 g/mol. The molecule has 0 bridgehead atoms. The number of hydrogen-bond acceptors (Lipinski definition) is 6. The van der Waals surface area contributed by atoms with Crippen LogP contribution in [-0.4, -0.2) is 60.1 Å². The van der Waals surface area contributed by atoms with Crippen LogP contribution in [0.4, 0.5) is 5.95 Å². The summed E-state index contributed by atoms with van der Waals surface area (Å²) in [5.41, 5.74) is 2.10. The zero-order chi connectivity index (χ0) is 22.5. The van der Waals surface area contributed by atoms with Crippen LogP contribution in [0.1, 0.15) is 50.3 Å². The maximum absolute atomic E-state index is 13.1. The third kappa shape index (κ3) is 5.21. The quantitative estimate of drug-likeness (QED) is 0.717. The Morgan fingerprint density at radius 1 is 1.16 bits per heavy atom. The first kappa shape index (κ1) is 22.5. The molecule has 1 N–H and O–H groups in total. The van der Waals surface area contributed by atoms with Gasteiger partial charge in [-0.05, 0) is 45.2 Å². The third-order valence-electron chi connectivity index (χ3n) is 6.43. The maximum atomic E-state index is 13.1. The summed E-state index contributed by atoms with van der Waals surface area (Å²) < 4.78 is 5.54. The molecule has 7 nitrogen and oxygen atoms in total. The van der Waals surface area contributed by atoms with Crippen molar-refractivity contribution < 1.29 is 9.53 Å². The molecule has 32 heavy (non-hydrogen) atoms. The van der Waals surface area contributed by atoms with Crippen molar-refractivity contribution in [1.82, 2.24) is 20.2 Å². The average Bonchev–Trinajstić information content (AvgIpc) is 3.24. The minimum atomic E-state index is -0.142. The number of nitrogens with zero attached hydrogens (tertiary/aromatic N) is 4. The standard InChI is InChI=1S/C25H35N5O2/c1-18(2)27-24(31)21-17-29(15-19-9-5-6-10-23(19)32-3)16-20(21)22-11-12-26-25(28-22)30-13-7-4-8-14-30/h5-6,9-12,18,20-21H,4,7-8,13-17H2,1-3H3,(H,27,31)/t20-,21-/m0/s1. The van der Waals surface area contributed by atoms with E-state index in [4.69, 9.17) is 9.72 Å². The van der Waals surface area contributed by atoms with Gasteiger partial charge in [0.25, 0.3) is 0 Å². The van der Waals surface area contributed by atoms with Gasteiger partial charge in [0.05, 0.1) is 18.7 Å². The average molecular weight is 438 g/mol. The number of carbonyl (C=O) groups excluding carboxylic acids is 1. The van der Waals surface area contributed by atoms with Gasteiger partial charge in [0, 0.05) is 56.4 Å². The highest BCUT2D eigenvalue weighted by Gasteiger charge is 2.40.